The van der Waals surface area contributed by atoms with E-state index >= 15 is 0 Å². The van der Waals surface area contributed by atoms with E-state index in [-0.39, 0.29) is 10.6 Å². The fraction of sp³-hybridized carbons (Fsp3) is 0.167. The van der Waals surface area contributed by atoms with Crippen molar-refractivity contribution in [3.63, 3.8) is 0 Å². The minimum Gasteiger partial charge on any atom is -0.493 e. The molecule has 0 atom stereocenters. The smallest absolute Gasteiger partial charge is 0.290 e. The Balaban J connectivity index is 2.50. The monoisotopic (exact) mass is 294 g/mol. The molecule has 0 aromatic heterocycles. The van der Waals surface area contributed by atoms with Crippen molar-refractivity contribution in [3.05, 3.63) is 27.5 Å². The number of rotatable bonds is 4. The zero-order valence-corrected chi connectivity index (χ0v) is 11.4. The van der Waals surface area contributed by atoms with Crippen molar-refractivity contribution in [3.8, 4) is 11.5 Å². The number of imide groups is 1. The summed E-state index contributed by atoms with van der Waals surface area (Å²) in [7, 11) is 2.88. The Morgan fingerprint density at radius 2 is 1.85 bits per heavy atom. The van der Waals surface area contributed by atoms with Gasteiger partial charge in [0.1, 0.15) is 5.69 Å². The largest absolute Gasteiger partial charge is 0.493 e. The molecule has 1 aromatic rings. The Labute approximate surface area is 118 Å². The van der Waals surface area contributed by atoms with Crippen LogP contribution >= 0.6 is 11.8 Å². The normalized spacial score (nSPS) is 16.2. The third-order valence-corrected chi connectivity index (χ3v) is 3.37. The van der Waals surface area contributed by atoms with Crippen LogP contribution in [0.3, 0.4) is 0 Å². The van der Waals surface area contributed by atoms with Crippen molar-refractivity contribution in [1.82, 2.24) is 5.32 Å². The molecule has 2 amide bonds. The first kappa shape index (κ1) is 14.1. The zero-order chi connectivity index (χ0) is 14.7. The number of nitrogens with zero attached hydrogens (tertiary/aromatic N) is 1. The second-order valence-corrected chi connectivity index (χ2v) is 4.72. The average Bonchev–Trinajstić information content (AvgIpc) is 2.76. The van der Waals surface area contributed by atoms with Gasteiger partial charge in [0.15, 0.2) is 11.5 Å². The first-order chi connectivity index (χ1) is 9.58. The van der Waals surface area contributed by atoms with Gasteiger partial charge in [0.25, 0.3) is 11.1 Å². The summed E-state index contributed by atoms with van der Waals surface area (Å²) >= 11 is 0.757. The summed E-state index contributed by atoms with van der Waals surface area (Å²) in [4.78, 5) is 33.6. The maximum atomic E-state index is 11.5. The number of benzene rings is 1. The lowest BCUT2D eigenvalue weighted by Crippen LogP contribution is -2.17. The van der Waals surface area contributed by atoms with E-state index in [1.54, 1.807) is 0 Å². The van der Waals surface area contributed by atoms with E-state index in [9.17, 15) is 14.5 Å². The third-order valence-electron chi connectivity index (χ3n) is 2.56. The maximum Gasteiger partial charge on any atom is 0.290 e. The molecule has 20 heavy (non-hydrogen) atoms. The van der Waals surface area contributed by atoms with Crippen molar-refractivity contribution in [1.29, 1.82) is 0 Å². The summed E-state index contributed by atoms with van der Waals surface area (Å²) in [5.41, 5.74) is 0.452. The second kappa shape index (κ2) is 5.74. The summed E-state index contributed by atoms with van der Waals surface area (Å²) in [6.07, 6.45) is 1.41. The standard InChI is InChI=1S/C12H10N2O5S/c1-18-8-3-6(7(14-17)5-9(8)19-2)4-10-11(15)13-12(16)20-10/h3-5H,1-2H3,(H,13,15,16)/b10-4-. The van der Waals surface area contributed by atoms with Crippen LogP contribution in [0.15, 0.2) is 22.2 Å². The van der Waals surface area contributed by atoms with Gasteiger partial charge in [-0.1, -0.05) is 0 Å². The van der Waals surface area contributed by atoms with E-state index < -0.39 is 11.1 Å². The van der Waals surface area contributed by atoms with Crippen LogP contribution in [0.2, 0.25) is 0 Å². The van der Waals surface area contributed by atoms with Crippen molar-refractivity contribution in [2.45, 2.75) is 0 Å². The quantitative estimate of drug-likeness (QED) is 0.677. The van der Waals surface area contributed by atoms with Gasteiger partial charge >= 0.3 is 0 Å². The average molecular weight is 294 g/mol. The summed E-state index contributed by atoms with van der Waals surface area (Å²) in [6.45, 7) is 0. The molecular formula is C12H10N2O5S. The highest BCUT2D eigenvalue weighted by molar-refractivity contribution is 8.18. The van der Waals surface area contributed by atoms with Gasteiger partial charge in [0, 0.05) is 11.6 Å². The van der Waals surface area contributed by atoms with Gasteiger partial charge in [-0.25, -0.2) is 0 Å². The van der Waals surface area contributed by atoms with Crippen molar-refractivity contribution in [2.24, 2.45) is 5.18 Å². The molecule has 1 heterocycles. The number of methoxy groups -OCH3 is 2. The van der Waals surface area contributed by atoms with Crippen LogP contribution in [-0.2, 0) is 4.79 Å². The Kier molecular flexibility index (Phi) is 4.04. The number of carbonyl (C=O) groups excluding carboxylic acids is 2. The molecule has 0 bridgehead atoms. The molecule has 1 aromatic carbocycles. The lowest BCUT2D eigenvalue weighted by atomic mass is 10.1. The van der Waals surface area contributed by atoms with Gasteiger partial charge < -0.3 is 9.47 Å². The lowest BCUT2D eigenvalue weighted by molar-refractivity contribution is -0.115. The van der Waals surface area contributed by atoms with E-state index in [0.717, 1.165) is 11.8 Å². The third kappa shape index (κ3) is 2.64. The number of amides is 2. The molecule has 1 saturated heterocycles. The molecule has 7 nitrogen and oxygen atoms in total. The number of hydrogen-bond donors (Lipinski definition) is 1. The van der Waals surface area contributed by atoms with Crippen LogP contribution < -0.4 is 14.8 Å². The van der Waals surface area contributed by atoms with E-state index in [2.05, 4.69) is 10.5 Å². The number of ether oxygens (including phenoxy) is 2. The van der Waals surface area contributed by atoms with Crippen molar-refractivity contribution in [2.75, 3.05) is 14.2 Å². The van der Waals surface area contributed by atoms with Gasteiger partial charge in [0.2, 0.25) is 0 Å². The van der Waals surface area contributed by atoms with Gasteiger partial charge in [-0.15, -0.1) is 4.91 Å². The predicted octanol–water partition coefficient (Wildman–Crippen LogP) is 2.43. The number of nitroso groups, excluding NO2 is 1. The van der Waals surface area contributed by atoms with Crippen molar-refractivity contribution >= 4 is 34.7 Å². The highest BCUT2D eigenvalue weighted by Crippen LogP contribution is 2.37. The molecule has 2 rings (SSSR count). The topological polar surface area (TPSA) is 94.1 Å². The molecular weight excluding hydrogens is 284 g/mol. The van der Waals surface area contributed by atoms with Crippen LogP contribution in [0.5, 0.6) is 11.5 Å². The summed E-state index contributed by atoms with van der Waals surface area (Å²) in [5, 5.41) is 4.56. The van der Waals surface area contributed by atoms with Crippen molar-refractivity contribution < 1.29 is 19.1 Å². The molecule has 1 aliphatic rings. The molecule has 0 unspecified atom stereocenters. The number of nitrogens with one attached hydrogen (secondary N) is 1. The molecule has 1 N–H and O–H groups in total. The molecule has 104 valence electrons. The Bertz CT molecular complexity index is 627. The Morgan fingerprint density at radius 3 is 2.35 bits per heavy atom. The summed E-state index contributed by atoms with van der Waals surface area (Å²) < 4.78 is 10.2. The molecule has 1 fully saturated rings. The molecule has 0 aliphatic carbocycles. The first-order valence-electron chi connectivity index (χ1n) is 5.43. The molecule has 0 spiro atoms. The highest BCUT2D eigenvalue weighted by Gasteiger charge is 2.25. The first-order valence-corrected chi connectivity index (χ1v) is 6.25. The van der Waals surface area contributed by atoms with E-state index in [1.165, 1.54) is 32.4 Å². The van der Waals surface area contributed by atoms with Crippen LogP contribution in [0.25, 0.3) is 6.08 Å². The van der Waals surface area contributed by atoms with Crippen LogP contribution in [0.4, 0.5) is 10.5 Å². The minimum atomic E-state index is -0.508. The van der Waals surface area contributed by atoms with Gasteiger partial charge in [-0.3, -0.25) is 14.9 Å². The highest BCUT2D eigenvalue weighted by atomic mass is 32.2. The van der Waals surface area contributed by atoms with Gasteiger partial charge in [-0.2, -0.15) is 0 Å². The number of hydrogen-bond acceptors (Lipinski definition) is 7. The zero-order valence-electron chi connectivity index (χ0n) is 10.6. The van der Waals surface area contributed by atoms with E-state index in [4.69, 9.17) is 9.47 Å². The molecule has 1 aliphatic heterocycles. The van der Waals surface area contributed by atoms with Gasteiger partial charge in [0.05, 0.1) is 19.1 Å². The molecule has 0 radical (unpaired) electrons. The number of carbonyl (C=O) groups is 2. The second-order valence-electron chi connectivity index (χ2n) is 3.71. The Hall–Kier alpha value is -2.35. The molecule has 8 heteroatoms. The summed E-state index contributed by atoms with van der Waals surface area (Å²) in [6, 6.07) is 2.91. The minimum absolute atomic E-state index is 0.0860. The summed E-state index contributed by atoms with van der Waals surface area (Å²) in [5.74, 6) is 0.233. The van der Waals surface area contributed by atoms with E-state index in [1.807, 2.05) is 0 Å². The van der Waals surface area contributed by atoms with Gasteiger partial charge in [-0.05, 0) is 29.1 Å². The van der Waals surface area contributed by atoms with E-state index in [0.29, 0.717) is 17.1 Å². The maximum absolute atomic E-state index is 11.5. The fourth-order valence-electron chi connectivity index (χ4n) is 1.64. The fourth-order valence-corrected chi connectivity index (χ4v) is 2.31. The van der Waals surface area contributed by atoms with Crippen LogP contribution in [0, 0.1) is 4.91 Å². The Morgan fingerprint density at radius 1 is 1.20 bits per heavy atom. The predicted molar refractivity (Wildman–Crippen MR) is 74.1 cm³/mol. The lowest BCUT2D eigenvalue weighted by Gasteiger charge is -2.09. The SMILES string of the molecule is COc1cc(/C=C2\SC(=O)NC2=O)c(N=O)cc1OC. The number of thioether (sulfide) groups is 1. The molecule has 0 saturated carbocycles. The van der Waals surface area contributed by atoms with Crippen LogP contribution in [-0.4, -0.2) is 25.4 Å². The van der Waals surface area contributed by atoms with Crippen LogP contribution in [0.1, 0.15) is 5.56 Å².